The monoisotopic (exact) mass is 171 g/mol. The van der Waals surface area contributed by atoms with Gasteiger partial charge in [-0.05, 0) is 5.92 Å². The Balaban J connectivity index is 3.01. The molecule has 0 spiro atoms. The van der Waals surface area contributed by atoms with Crippen molar-refractivity contribution in [3.63, 3.8) is 0 Å². The molecular formula is C10H23Si. The molecule has 1 unspecified atom stereocenters. The van der Waals surface area contributed by atoms with Crippen LogP contribution >= 0.6 is 0 Å². The first-order valence-electron chi connectivity index (χ1n) is 4.95. The maximum Gasteiger partial charge on any atom is 0.0412 e. The Morgan fingerprint density at radius 3 is 2.27 bits per heavy atom. The van der Waals surface area contributed by atoms with Gasteiger partial charge in [-0.25, -0.2) is 0 Å². The van der Waals surface area contributed by atoms with Crippen LogP contribution in [0.5, 0.6) is 0 Å². The molecule has 0 nitrogen and oxygen atoms in total. The Kier molecular flexibility index (Phi) is 7.03. The van der Waals surface area contributed by atoms with Crippen molar-refractivity contribution in [1.82, 2.24) is 0 Å². The van der Waals surface area contributed by atoms with Gasteiger partial charge in [-0.3, -0.25) is 0 Å². The maximum absolute atomic E-state index is 2.41. The first-order valence-corrected chi connectivity index (χ1v) is 7.66. The number of hydrogen-bond acceptors (Lipinski definition) is 0. The molecule has 0 aromatic carbocycles. The van der Waals surface area contributed by atoms with E-state index < -0.39 is 0 Å². The molecule has 1 heteroatoms. The second kappa shape index (κ2) is 6.90. The Labute approximate surface area is 74.0 Å². The van der Waals surface area contributed by atoms with Gasteiger partial charge in [0.25, 0.3) is 0 Å². The van der Waals surface area contributed by atoms with Gasteiger partial charge in [-0.15, -0.1) is 0 Å². The van der Waals surface area contributed by atoms with Crippen molar-refractivity contribution in [3.8, 4) is 0 Å². The Bertz CT molecular complexity index is 78.9. The van der Waals surface area contributed by atoms with Gasteiger partial charge < -0.3 is 0 Å². The number of hydrogen-bond donors (Lipinski definition) is 0. The average Bonchev–Trinajstić information content (AvgIpc) is 1.97. The van der Waals surface area contributed by atoms with Crippen LogP contribution in [0.1, 0.15) is 39.5 Å². The van der Waals surface area contributed by atoms with Crippen LogP contribution in [-0.4, -0.2) is 8.80 Å². The van der Waals surface area contributed by atoms with E-state index >= 15 is 0 Å². The van der Waals surface area contributed by atoms with Gasteiger partial charge in [0, 0.05) is 8.80 Å². The molecule has 0 bridgehead atoms. The van der Waals surface area contributed by atoms with E-state index in [1.165, 1.54) is 31.7 Å². The molecular weight excluding hydrogens is 148 g/mol. The first kappa shape index (κ1) is 11.2. The molecule has 0 aliphatic carbocycles. The van der Waals surface area contributed by atoms with E-state index in [2.05, 4.69) is 26.9 Å². The second-order valence-corrected chi connectivity index (χ2v) is 6.88. The molecule has 0 amide bonds. The van der Waals surface area contributed by atoms with E-state index in [0.717, 1.165) is 5.92 Å². The average molecular weight is 171 g/mol. The fraction of sp³-hybridized carbons (Fsp3) is 1.00. The highest BCUT2D eigenvalue weighted by molar-refractivity contribution is 6.55. The van der Waals surface area contributed by atoms with Crippen LogP contribution < -0.4 is 0 Å². The van der Waals surface area contributed by atoms with Crippen molar-refractivity contribution in [3.05, 3.63) is 0 Å². The molecule has 1 radical (unpaired) electrons. The third-order valence-electron chi connectivity index (χ3n) is 2.32. The summed E-state index contributed by atoms with van der Waals surface area (Å²) in [6.45, 7) is 9.48. The van der Waals surface area contributed by atoms with Crippen LogP contribution in [0.25, 0.3) is 0 Å². The largest absolute Gasteiger partial charge is 0.0713 e. The third kappa shape index (κ3) is 8.12. The predicted octanol–water partition coefficient (Wildman–Crippen LogP) is 3.96. The van der Waals surface area contributed by atoms with E-state index in [-0.39, 0.29) is 8.80 Å². The Morgan fingerprint density at radius 2 is 1.82 bits per heavy atom. The molecule has 0 heterocycles. The van der Waals surface area contributed by atoms with Gasteiger partial charge >= 0.3 is 0 Å². The van der Waals surface area contributed by atoms with Gasteiger partial charge in [0.05, 0.1) is 0 Å². The van der Waals surface area contributed by atoms with E-state index in [0.29, 0.717) is 0 Å². The quantitative estimate of drug-likeness (QED) is 0.419. The zero-order valence-corrected chi connectivity index (χ0v) is 9.61. The molecule has 0 aromatic heterocycles. The van der Waals surface area contributed by atoms with E-state index in [4.69, 9.17) is 0 Å². The SMILES string of the molecule is CCC(C)CCCC[Si](C)C. The lowest BCUT2D eigenvalue weighted by atomic mass is 10.0. The van der Waals surface area contributed by atoms with E-state index in [1.807, 2.05) is 0 Å². The van der Waals surface area contributed by atoms with E-state index in [9.17, 15) is 0 Å². The molecule has 0 aliphatic heterocycles. The second-order valence-electron chi connectivity index (χ2n) is 3.97. The number of rotatable bonds is 6. The summed E-state index contributed by atoms with van der Waals surface area (Å²) in [5.74, 6) is 0.958. The lowest BCUT2D eigenvalue weighted by Gasteiger charge is -2.07. The van der Waals surface area contributed by atoms with Crippen LogP contribution in [0, 0.1) is 5.92 Å². The lowest BCUT2D eigenvalue weighted by Crippen LogP contribution is -1.99. The highest BCUT2D eigenvalue weighted by Gasteiger charge is 1.99. The summed E-state index contributed by atoms with van der Waals surface area (Å²) in [7, 11) is 0.0610. The molecule has 0 aliphatic rings. The summed E-state index contributed by atoms with van der Waals surface area (Å²) in [5, 5.41) is 0. The van der Waals surface area contributed by atoms with Crippen molar-refractivity contribution in [2.24, 2.45) is 5.92 Å². The smallest absolute Gasteiger partial charge is 0.0412 e. The fourth-order valence-corrected chi connectivity index (χ4v) is 2.13. The van der Waals surface area contributed by atoms with Gasteiger partial charge in [0.1, 0.15) is 0 Å². The third-order valence-corrected chi connectivity index (χ3v) is 3.67. The minimum Gasteiger partial charge on any atom is -0.0713 e. The summed E-state index contributed by atoms with van der Waals surface area (Å²) in [6.07, 6.45) is 5.75. The topological polar surface area (TPSA) is 0 Å². The van der Waals surface area contributed by atoms with Crippen molar-refractivity contribution in [1.29, 1.82) is 0 Å². The summed E-state index contributed by atoms with van der Waals surface area (Å²) in [4.78, 5) is 0. The van der Waals surface area contributed by atoms with Crippen LogP contribution in [0.15, 0.2) is 0 Å². The minimum atomic E-state index is 0.0610. The molecule has 0 saturated carbocycles. The van der Waals surface area contributed by atoms with Gasteiger partial charge in [0.2, 0.25) is 0 Å². The van der Waals surface area contributed by atoms with Crippen molar-refractivity contribution in [2.45, 2.75) is 58.7 Å². The highest BCUT2D eigenvalue weighted by Crippen LogP contribution is 2.13. The zero-order valence-electron chi connectivity index (χ0n) is 8.61. The lowest BCUT2D eigenvalue weighted by molar-refractivity contribution is 0.491. The predicted molar refractivity (Wildman–Crippen MR) is 55.6 cm³/mol. The standard InChI is InChI=1S/C10H23Si/c1-5-10(2)8-6-7-9-11(3)4/h10H,5-9H2,1-4H3. The first-order chi connectivity index (χ1) is 5.16. The van der Waals surface area contributed by atoms with Crippen LogP contribution in [0.3, 0.4) is 0 Å². The minimum absolute atomic E-state index is 0.0610. The molecule has 0 saturated heterocycles. The van der Waals surface area contributed by atoms with Crippen LogP contribution in [-0.2, 0) is 0 Å². The summed E-state index contributed by atoms with van der Waals surface area (Å²) in [5.41, 5.74) is 0. The molecule has 1 atom stereocenters. The van der Waals surface area contributed by atoms with E-state index in [1.54, 1.807) is 0 Å². The molecule has 11 heavy (non-hydrogen) atoms. The molecule has 0 fully saturated rings. The normalized spacial score (nSPS) is 13.9. The Hall–Kier alpha value is 0.217. The highest BCUT2D eigenvalue weighted by atomic mass is 28.3. The fourth-order valence-electron chi connectivity index (χ4n) is 1.18. The summed E-state index contributed by atoms with van der Waals surface area (Å²) < 4.78 is 0. The van der Waals surface area contributed by atoms with Crippen molar-refractivity contribution < 1.29 is 0 Å². The van der Waals surface area contributed by atoms with Gasteiger partial charge in [-0.2, -0.15) is 0 Å². The molecule has 0 aromatic rings. The number of unbranched alkanes of at least 4 members (excludes halogenated alkanes) is 1. The van der Waals surface area contributed by atoms with Gasteiger partial charge in [-0.1, -0.05) is 58.7 Å². The van der Waals surface area contributed by atoms with Crippen molar-refractivity contribution in [2.75, 3.05) is 0 Å². The summed E-state index contributed by atoms with van der Waals surface area (Å²) in [6, 6.07) is 1.51. The van der Waals surface area contributed by atoms with Gasteiger partial charge in [0.15, 0.2) is 0 Å². The molecule has 0 rings (SSSR count). The Morgan fingerprint density at radius 1 is 1.18 bits per heavy atom. The zero-order chi connectivity index (χ0) is 8.69. The molecule has 0 N–H and O–H groups in total. The van der Waals surface area contributed by atoms with Crippen LogP contribution in [0.4, 0.5) is 0 Å². The van der Waals surface area contributed by atoms with Crippen LogP contribution in [0.2, 0.25) is 19.1 Å². The summed E-state index contributed by atoms with van der Waals surface area (Å²) >= 11 is 0. The van der Waals surface area contributed by atoms with Crippen molar-refractivity contribution >= 4 is 8.80 Å². The maximum atomic E-state index is 2.41. The molecule has 67 valence electrons.